The van der Waals surface area contributed by atoms with Crippen molar-refractivity contribution in [3.8, 4) is 34.3 Å². The summed E-state index contributed by atoms with van der Waals surface area (Å²) >= 11 is 0. The summed E-state index contributed by atoms with van der Waals surface area (Å²) in [6, 6.07) is 22.2. The number of benzene rings is 3. The maximum Gasteiger partial charge on any atom is 0.262 e. The van der Waals surface area contributed by atoms with Gasteiger partial charge in [-0.1, -0.05) is 53.2 Å². The lowest BCUT2D eigenvalue weighted by atomic mass is 10.1. The number of rotatable bonds is 7. The summed E-state index contributed by atoms with van der Waals surface area (Å²) in [5, 5.41) is 6.86. The number of carbonyl (C=O) groups excluding carboxylic acids is 1. The topological polar surface area (TPSA) is 86.5 Å². The minimum atomic E-state index is -0.315. The number of para-hydroxylation sites is 3. The predicted octanol–water partition coefficient (Wildman–Crippen LogP) is 4.74. The van der Waals surface area contributed by atoms with E-state index in [1.54, 1.807) is 31.4 Å². The molecular weight excluding hydrogens is 394 g/mol. The van der Waals surface area contributed by atoms with Crippen LogP contribution in [0.4, 0.5) is 5.69 Å². The molecule has 7 heteroatoms. The number of nitrogens with one attached hydrogen (secondary N) is 1. The second-order valence-electron chi connectivity index (χ2n) is 6.83. The molecule has 0 bridgehead atoms. The number of ether oxygens (including phenoxy) is 2. The minimum Gasteiger partial charge on any atom is -0.495 e. The first kappa shape index (κ1) is 20.2. The molecule has 1 N–H and O–H groups in total. The van der Waals surface area contributed by atoms with Gasteiger partial charge < -0.3 is 19.3 Å². The van der Waals surface area contributed by atoms with Gasteiger partial charge >= 0.3 is 0 Å². The van der Waals surface area contributed by atoms with Crippen LogP contribution in [-0.4, -0.2) is 29.8 Å². The molecule has 0 fully saturated rings. The molecule has 0 aliphatic rings. The normalized spacial score (nSPS) is 10.5. The number of anilines is 1. The van der Waals surface area contributed by atoms with E-state index in [0.29, 0.717) is 34.5 Å². The van der Waals surface area contributed by atoms with Crippen molar-refractivity contribution in [2.75, 3.05) is 19.0 Å². The monoisotopic (exact) mass is 415 g/mol. The summed E-state index contributed by atoms with van der Waals surface area (Å²) in [5.41, 5.74) is 3.16. The van der Waals surface area contributed by atoms with Gasteiger partial charge in [0.05, 0.1) is 18.4 Å². The van der Waals surface area contributed by atoms with Gasteiger partial charge in [0.1, 0.15) is 11.5 Å². The standard InChI is InChI=1S/C24H21N3O4/c1-16-8-7-9-17(14-16)23-26-24(31-27-23)18-10-3-5-12-20(18)30-15-22(28)25-19-11-4-6-13-21(19)29-2/h3-14H,15H2,1-2H3,(H,25,28). The molecule has 0 saturated heterocycles. The second kappa shape index (κ2) is 9.13. The van der Waals surface area contributed by atoms with Crippen LogP contribution in [0.1, 0.15) is 5.56 Å². The number of hydrogen-bond donors (Lipinski definition) is 1. The van der Waals surface area contributed by atoms with Crippen LogP contribution < -0.4 is 14.8 Å². The fourth-order valence-corrected chi connectivity index (χ4v) is 3.08. The summed E-state index contributed by atoms with van der Waals surface area (Å²) in [7, 11) is 1.55. The number of amides is 1. The Bertz CT molecular complexity index is 1200. The van der Waals surface area contributed by atoms with Crippen molar-refractivity contribution in [2.45, 2.75) is 6.92 Å². The van der Waals surface area contributed by atoms with E-state index in [0.717, 1.165) is 11.1 Å². The number of carbonyl (C=O) groups is 1. The quantitative estimate of drug-likeness (QED) is 0.469. The smallest absolute Gasteiger partial charge is 0.262 e. The summed E-state index contributed by atoms with van der Waals surface area (Å²) in [6.07, 6.45) is 0. The summed E-state index contributed by atoms with van der Waals surface area (Å²) in [5.74, 6) is 1.54. The van der Waals surface area contributed by atoms with Crippen LogP contribution in [0, 0.1) is 6.92 Å². The molecule has 0 unspecified atom stereocenters. The number of aromatic nitrogens is 2. The highest BCUT2D eigenvalue weighted by molar-refractivity contribution is 5.93. The molecule has 4 rings (SSSR count). The zero-order chi connectivity index (χ0) is 21.6. The van der Waals surface area contributed by atoms with E-state index >= 15 is 0 Å². The lowest BCUT2D eigenvalue weighted by Crippen LogP contribution is -2.20. The molecule has 0 spiro atoms. The molecule has 0 atom stereocenters. The van der Waals surface area contributed by atoms with Crippen LogP contribution in [0.25, 0.3) is 22.8 Å². The Hall–Kier alpha value is -4.13. The van der Waals surface area contributed by atoms with Crippen LogP contribution in [0.15, 0.2) is 77.3 Å². The number of hydrogen-bond acceptors (Lipinski definition) is 6. The summed E-state index contributed by atoms with van der Waals surface area (Å²) < 4.78 is 16.5. The predicted molar refractivity (Wildman–Crippen MR) is 117 cm³/mol. The molecule has 3 aromatic carbocycles. The number of aryl methyl sites for hydroxylation is 1. The third-order valence-corrected chi connectivity index (χ3v) is 4.56. The first-order valence-electron chi connectivity index (χ1n) is 9.70. The van der Waals surface area contributed by atoms with E-state index in [-0.39, 0.29) is 12.5 Å². The van der Waals surface area contributed by atoms with Crippen molar-refractivity contribution in [1.82, 2.24) is 10.1 Å². The van der Waals surface area contributed by atoms with Crippen molar-refractivity contribution >= 4 is 11.6 Å². The molecule has 7 nitrogen and oxygen atoms in total. The van der Waals surface area contributed by atoms with Crippen LogP contribution in [0.5, 0.6) is 11.5 Å². The molecule has 1 amide bonds. The van der Waals surface area contributed by atoms with Gasteiger partial charge in [-0.25, -0.2) is 0 Å². The lowest BCUT2D eigenvalue weighted by Gasteiger charge is -2.11. The SMILES string of the molecule is COc1ccccc1NC(=O)COc1ccccc1-c1nc(-c2cccc(C)c2)no1. The number of methoxy groups -OCH3 is 1. The summed E-state index contributed by atoms with van der Waals surface area (Å²) in [6.45, 7) is 1.82. The van der Waals surface area contributed by atoms with E-state index in [9.17, 15) is 4.79 Å². The first-order chi connectivity index (χ1) is 15.1. The Labute approximate surface area is 179 Å². The molecule has 156 valence electrons. The van der Waals surface area contributed by atoms with Crippen LogP contribution in [0.3, 0.4) is 0 Å². The molecule has 0 aliphatic carbocycles. The Kier molecular flexibility index (Phi) is 5.93. The Morgan fingerprint density at radius 3 is 2.58 bits per heavy atom. The molecular formula is C24H21N3O4. The lowest BCUT2D eigenvalue weighted by molar-refractivity contribution is -0.118. The van der Waals surface area contributed by atoms with Gasteiger partial charge in [-0.3, -0.25) is 4.79 Å². The van der Waals surface area contributed by atoms with E-state index < -0.39 is 0 Å². The maximum atomic E-state index is 12.4. The van der Waals surface area contributed by atoms with Crippen molar-refractivity contribution in [3.05, 3.63) is 78.4 Å². The van der Waals surface area contributed by atoms with E-state index in [1.165, 1.54) is 0 Å². The second-order valence-corrected chi connectivity index (χ2v) is 6.83. The van der Waals surface area contributed by atoms with Gasteiger partial charge in [-0.05, 0) is 37.3 Å². The van der Waals surface area contributed by atoms with E-state index in [1.807, 2.05) is 55.5 Å². The van der Waals surface area contributed by atoms with Gasteiger partial charge in [0.15, 0.2) is 6.61 Å². The molecule has 31 heavy (non-hydrogen) atoms. The van der Waals surface area contributed by atoms with Gasteiger partial charge in [0.25, 0.3) is 11.8 Å². The zero-order valence-electron chi connectivity index (χ0n) is 17.2. The van der Waals surface area contributed by atoms with Gasteiger partial charge in [-0.2, -0.15) is 4.98 Å². The molecule has 1 aromatic heterocycles. The molecule has 0 aliphatic heterocycles. The molecule has 0 saturated carbocycles. The van der Waals surface area contributed by atoms with E-state index in [2.05, 4.69) is 15.5 Å². The van der Waals surface area contributed by atoms with Crippen LogP contribution in [0.2, 0.25) is 0 Å². The molecule has 1 heterocycles. The minimum absolute atomic E-state index is 0.187. The fraction of sp³-hybridized carbons (Fsp3) is 0.125. The zero-order valence-corrected chi connectivity index (χ0v) is 17.2. The van der Waals surface area contributed by atoms with Crippen LogP contribution in [-0.2, 0) is 4.79 Å². The highest BCUT2D eigenvalue weighted by Gasteiger charge is 2.16. The Morgan fingerprint density at radius 1 is 1.00 bits per heavy atom. The fourth-order valence-electron chi connectivity index (χ4n) is 3.08. The third-order valence-electron chi connectivity index (χ3n) is 4.56. The number of nitrogens with zero attached hydrogens (tertiary/aromatic N) is 2. The third kappa shape index (κ3) is 4.72. The van der Waals surface area contributed by atoms with Gasteiger partial charge in [-0.15, -0.1) is 0 Å². The molecule has 0 radical (unpaired) electrons. The first-order valence-corrected chi connectivity index (χ1v) is 9.70. The van der Waals surface area contributed by atoms with Crippen molar-refractivity contribution in [3.63, 3.8) is 0 Å². The van der Waals surface area contributed by atoms with Crippen molar-refractivity contribution < 1.29 is 18.8 Å². The van der Waals surface area contributed by atoms with Crippen LogP contribution >= 0.6 is 0 Å². The highest BCUT2D eigenvalue weighted by Crippen LogP contribution is 2.30. The Morgan fingerprint density at radius 2 is 1.77 bits per heavy atom. The highest BCUT2D eigenvalue weighted by atomic mass is 16.5. The van der Waals surface area contributed by atoms with Crippen molar-refractivity contribution in [1.29, 1.82) is 0 Å². The van der Waals surface area contributed by atoms with Gasteiger partial charge in [0, 0.05) is 5.56 Å². The summed E-state index contributed by atoms with van der Waals surface area (Å²) in [4.78, 5) is 16.9. The van der Waals surface area contributed by atoms with E-state index in [4.69, 9.17) is 14.0 Å². The largest absolute Gasteiger partial charge is 0.495 e. The molecule has 4 aromatic rings. The van der Waals surface area contributed by atoms with Crippen molar-refractivity contribution in [2.24, 2.45) is 0 Å². The maximum absolute atomic E-state index is 12.4. The Balaban J connectivity index is 1.49. The average Bonchev–Trinajstić information content (AvgIpc) is 3.28. The average molecular weight is 415 g/mol. The van der Waals surface area contributed by atoms with Gasteiger partial charge in [0.2, 0.25) is 5.82 Å².